The van der Waals surface area contributed by atoms with E-state index < -0.39 is 5.97 Å². The third-order valence-corrected chi connectivity index (χ3v) is 5.55. The first-order chi connectivity index (χ1) is 14.1. The van der Waals surface area contributed by atoms with Crippen molar-refractivity contribution in [2.24, 2.45) is 0 Å². The van der Waals surface area contributed by atoms with Crippen LogP contribution in [-0.4, -0.2) is 22.0 Å². The predicted molar refractivity (Wildman–Crippen MR) is 119 cm³/mol. The molecule has 0 saturated heterocycles. The lowest BCUT2D eigenvalue weighted by Crippen LogP contribution is -2.03. The van der Waals surface area contributed by atoms with Gasteiger partial charge in [-0.1, -0.05) is 96.8 Å². The summed E-state index contributed by atoms with van der Waals surface area (Å²) < 4.78 is 0. The highest BCUT2D eigenvalue weighted by Crippen LogP contribution is 2.22. The molecule has 0 aliphatic rings. The van der Waals surface area contributed by atoms with Gasteiger partial charge in [-0.05, 0) is 24.6 Å². The van der Waals surface area contributed by atoms with Crippen LogP contribution in [0.15, 0.2) is 18.2 Å². The molecule has 2 N–H and O–H groups in total. The Labute approximate surface area is 176 Å². The summed E-state index contributed by atoms with van der Waals surface area (Å²) in [6.45, 7) is 2.26. The Morgan fingerprint density at radius 3 is 1.62 bits per heavy atom. The number of carbonyl (C=O) groups excluding carboxylic acids is 1. The Morgan fingerprint density at radius 1 is 0.724 bits per heavy atom. The summed E-state index contributed by atoms with van der Waals surface area (Å²) in [7, 11) is 0. The molecular weight excluding hydrogens is 364 g/mol. The Morgan fingerprint density at radius 2 is 1.17 bits per heavy atom. The molecular formula is C25H40O4. The molecule has 0 aliphatic carbocycles. The zero-order valence-corrected chi connectivity index (χ0v) is 18.3. The number of phenolic OH excluding ortho intramolecular Hbond substituents is 1. The number of unbranched alkanes of at least 4 members (excludes halogenated alkanes) is 14. The van der Waals surface area contributed by atoms with Crippen LogP contribution in [0.3, 0.4) is 0 Å². The van der Waals surface area contributed by atoms with Gasteiger partial charge in [0.2, 0.25) is 0 Å². The van der Waals surface area contributed by atoms with Crippen LogP contribution in [0.2, 0.25) is 0 Å². The fraction of sp³-hybridized carbons (Fsp3) is 0.680. The van der Waals surface area contributed by atoms with Crippen molar-refractivity contribution in [1.82, 2.24) is 0 Å². The van der Waals surface area contributed by atoms with E-state index in [2.05, 4.69) is 6.92 Å². The fourth-order valence-corrected chi connectivity index (χ4v) is 3.68. The lowest BCUT2D eigenvalue weighted by molar-refractivity contribution is 0.0697. The van der Waals surface area contributed by atoms with Crippen LogP contribution in [0.5, 0.6) is 5.75 Å². The van der Waals surface area contributed by atoms with Gasteiger partial charge >= 0.3 is 5.97 Å². The Bertz CT molecular complexity index is 594. The molecule has 0 atom stereocenters. The minimum Gasteiger partial charge on any atom is -0.507 e. The van der Waals surface area contributed by atoms with Gasteiger partial charge in [-0.2, -0.15) is 0 Å². The molecule has 0 amide bonds. The summed E-state index contributed by atoms with van der Waals surface area (Å²) in [5, 5.41) is 18.8. The molecule has 29 heavy (non-hydrogen) atoms. The predicted octanol–water partition coefficient (Wildman–Crippen LogP) is 7.53. The number of phenols is 1. The summed E-state index contributed by atoms with van der Waals surface area (Å²) in [6.07, 6.45) is 19.4. The summed E-state index contributed by atoms with van der Waals surface area (Å²) in [6, 6.07) is 3.86. The topological polar surface area (TPSA) is 74.6 Å². The number of aromatic hydroxyl groups is 1. The van der Waals surface area contributed by atoms with Crippen LogP contribution in [-0.2, 0) is 0 Å². The van der Waals surface area contributed by atoms with Crippen molar-refractivity contribution in [3.63, 3.8) is 0 Å². The van der Waals surface area contributed by atoms with E-state index in [4.69, 9.17) is 5.11 Å². The second-order valence-electron chi connectivity index (χ2n) is 8.16. The van der Waals surface area contributed by atoms with Crippen molar-refractivity contribution in [3.05, 3.63) is 29.3 Å². The van der Waals surface area contributed by atoms with Crippen LogP contribution < -0.4 is 0 Å². The Kier molecular flexibility index (Phi) is 13.9. The molecule has 0 spiro atoms. The number of carboxylic acid groups (broad SMARTS) is 1. The van der Waals surface area contributed by atoms with Crippen molar-refractivity contribution in [2.45, 2.75) is 110 Å². The molecule has 4 nitrogen and oxygen atoms in total. The highest BCUT2D eigenvalue weighted by atomic mass is 16.4. The highest BCUT2D eigenvalue weighted by Gasteiger charge is 2.14. The van der Waals surface area contributed by atoms with Crippen molar-refractivity contribution in [2.75, 3.05) is 0 Å². The zero-order valence-electron chi connectivity index (χ0n) is 18.3. The van der Waals surface area contributed by atoms with Gasteiger partial charge < -0.3 is 10.2 Å². The molecule has 1 rings (SSSR count). The van der Waals surface area contributed by atoms with Crippen LogP contribution in [0, 0.1) is 0 Å². The lowest BCUT2D eigenvalue weighted by Gasteiger charge is -2.06. The van der Waals surface area contributed by atoms with Crippen LogP contribution in [0.1, 0.15) is 130 Å². The van der Waals surface area contributed by atoms with E-state index in [9.17, 15) is 14.7 Å². The van der Waals surface area contributed by atoms with Gasteiger partial charge in [0.05, 0.1) is 11.1 Å². The van der Waals surface area contributed by atoms with E-state index in [1.165, 1.54) is 95.2 Å². The van der Waals surface area contributed by atoms with E-state index in [1.54, 1.807) is 0 Å². The first kappa shape index (κ1) is 25.2. The van der Waals surface area contributed by atoms with Crippen molar-refractivity contribution < 1.29 is 19.8 Å². The zero-order chi connectivity index (χ0) is 21.3. The fourth-order valence-electron chi connectivity index (χ4n) is 3.68. The number of aromatic carboxylic acids is 1. The molecule has 0 bridgehead atoms. The first-order valence-corrected chi connectivity index (χ1v) is 11.7. The van der Waals surface area contributed by atoms with Crippen LogP contribution >= 0.6 is 0 Å². The highest BCUT2D eigenvalue weighted by molar-refractivity contribution is 6.01. The molecule has 0 fully saturated rings. The molecule has 0 heterocycles. The monoisotopic (exact) mass is 404 g/mol. The number of Topliss-reactive ketones (excluding diaryl/α,β-unsaturated/α-hetero) is 1. The molecule has 164 valence electrons. The van der Waals surface area contributed by atoms with Gasteiger partial charge in [0.25, 0.3) is 0 Å². The van der Waals surface area contributed by atoms with Crippen molar-refractivity contribution in [3.8, 4) is 5.75 Å². The number of hydrogen-bond acceptors (Lipinski definition) is 3. The number of hydrogen-bond donors (Lipinski definition) is 2. The SMILES string of the molecule is CCCCCCCCCCCCCCCCCC(=O)c1cc(C(=O)O)ccc1O. The van der Waals surface area contributed by atoms with Crippen molar-refractivity contribution >= 4 is 11.8 Å². The van der Waals surface area contributed by atoms with Gasteiger partial charge in [0.1, 0.15) is 5.75 Å². The smallest absolute Gasteiger partial charge is 0.335 e. The Balaban J connectivity index is 1.99. The second kappa shape index (κ2) is 16.0. The molecule has 0 aliphatic heterocycles. The maximum atomic E-state index is 12.2. The van der Waals surface area contributed by atoms with E-state index in [1.807, 2.05) is 0 Å². The molecule has 0 saturated carbocycles. The summed E-state index contributed by atoms with van der Waals surface area (Å²) in [5.41, 5.74) is 0.151. The van der Waals surface area contributed by atoms with Gasteiger partial charge in [-0.3, -0.25) is 4.79 Å². The minimum absolute atomic E-state index is 0.0302. The average Bonchev–Trinajstić information content (AvgIpc) is 2.70. The van der Waals surface area contributed by atoms with Crippen molar-refractivity contribution in [1.29, 1.82) is 0 Å². The molecule has 4 heteroatoms. The third kappa shape index (κ3) is 11.7. The first-order valence-electron chi connectivity index (χ1n) is 11.7. The van der Waals surface area contributed by atoms with Crippen LogP contribution in [0.25, 0.3) is 0 Å². The van der Waals surface area contributed by atoms with Crippen LogP contribution in [0.4, 0.5) is 0 Å². The van der Waals surface area contributed by atoms with Gasteiger partial charge in [-0.15, -0.1) is 0 Å². The molecule has 1 aromatic rings. The summed E-state index contributed by atoms with van der Waals surface area (Å²) >= 11 is 0. The molecule has 0 unspecified atom stereocenters. The average molecular weight is 405 g/mol. The second-order valence-corrected chi connectivity index (χ2v) is 8.16. The van der Waals surface area contributed by atoms with E-state index in [-0.39, 0.29) is 22.7 Å². The lowest BCUT2D eigenvalue weighted by atomic mass is 10.0. The standard InChI is InChI=1S/C25H40O4/c1-2-3-4-5-6-7-8-9-10-11-12-13-14-15-16-17-23(26)22-20-21(25(28)29)18-19-24(22)27/h18-20,27H,2-17H2,1H3,(H,28,29). The third-order valence-electron chi connectivity index (χ3n) is 5.55. The maximum Gasteiger partial charge on any atom is 0.335 e. The van der Waals surface area contributed by atoms with Gasteiger partial charge in [0, 0.05) is 6.42 Å². The maximum absolute atomic E-state index is 12.2. The molecule has 1 aromatic carbocycles. The van der Waals surface area contributed by atoms with Gasteiger partial charge in [0.15, 0.2) is 5.78 Å². The summed E-state index contributed by atoms with van der Waals surface area (Å²) in [4.78, 5) is 23.2. The number of carboxylic acids is 1. The van der Waals surface area contributed by atoms with E-state index >= 15 is 0 Å². The quantitative estimate of drug-likeness (QED) is 0.196. The number of benzene rings is 1. The molecule has 0 aromatic heterocycles. The summed E-state index contributed by atoms with van der Waals surface area (Å²) in [5.74, 6) is -1.41. The normalized spacial score (nSPS) is 10.9. The molecule has 0 radical (unpaired) electrons. The minimum atomic E-state index is -1.09. The largest absolute Gasteiger partial charge is 0.507 e. The Hall–Kier alpha value is -1.84. The number of ketones is 1. The van der Waals surface area contributed by atoms with E-state index in [0.29, 0.717) is 6.42 Å². The number of carbonyl (C=O) groups is 2. The number of rotatable bonds is 18. The van der Waals surface area contributed by atoms with E-state index in [0.717, 1.165) is 19.3 Å². The van der Waals surface area contributed by atoms with Gasteiger partial charge in [-0.25, -0.2) is 4.79 Å².